The average Bonchev–Trinajstić information content (AvgIpc) is 2.60. The van der Waals surface area contributed by atoms with Crippen molar-refractivity contribution < 1.29 is 0 Å². The molecule has 3 fully saturated rings. The van der Waals surface area contributed by atoms with E-state index >= 15 is 0 Å². The van der Waals surface area contributed by atoms with Gasteiger partial charge in [0.05, 0.1) is 6.54 Å². The summed E-state index contributed by atoms with van der Waals surface area (Å²) in [5.74, 6) is 0. The van der Waals surface area contributed by atoms with Gasteiger partial charge < -0.3 is 0 Å². The Labute approximate surface area is 78.5 Å². The maximum atomic E-state index is 10.5. The zero-order chi connectivity index (χ0) is 8.94. The van der Waals surface area contributed by atoms with Crippen molar-refractivity contribution in [2.45, 2.75) is 37.6 Å². The van der Waals surface area contributed by atoms with Gasteiger partial charge in [-0.1, -0.05) is 5.18 Å². The summed E-state index contributed by atoms with van der Waals surface area (Å²) in [6, 6.07) is 0. The van der Waals surface area contributed by atoms with Gasteiger partial charge in [-0.05, 0) is 44.1 Å². The Bertz CT molecular complexity index is 249. The van der Waals surface area contributed by atoms with E-state index in [4.69, 9.17) is 0 Å². The lowest BCUT2D eigenvalue weighted by molar-refractivity contribution is 0.204. The van der Waals surface area contributed by atoms with Crippen LogP contribution in [0.4, 0.5) is 0 Å². The molecule has 0 radical (unpaired) electrons. The maximum Gasteiger partial charge on any atom is 0.0995 e. The van der Waals surface area contributed by atoms with E-state index in [1.807, 2.05) is 0 Å². The van der Waals surface area contributed by atoms with Crippen molar-refractivity contribution in [1.82, 2.24) is 4.90 Å². The fourth-order valence-corrected chi connectivity index (χ4v) is 3.47. The summed E-state index contributed by atoms with van der Waals surface area (Å²) in [7, 11) is 0. The van der Waals surface area contributed by atoms with Crippen LogP contribution in [0.5, 0.6) is 0 Å². The second kappa shape index (κ2) is 2.32. The minimum atomic E-state index is 0.207. The first kappa shape index (κ1) is 7.92. The van der Waals surface area contributed by atoms with Crippen LogP contribution >= 0.6 is 0 Å². The fraction of sp³-hybridized carbons (Fsp3) is 1.00. The minimum absolute atomic E-state index is 0.207. The zero-order valence-electron chi connectivity index (χ0n) is 7.96. The summed E-state index contributed by atoms with van der Waals surface area (Å²) in [4.78, 5) is 13.0. The maximum absolute atomic E-state index is 10.5. The molecule has 3 heteroatoms. The van der Waals surface area contributed by atoms with Gasteiger partial charge in [0.15, 0.2) is 0 Å². The summed E-state index contributed by atoms with van der Waals surface area (Å²) in [5, 5.41) is 3.15. The van der Waals surface area contributed by atoms with Crippen molar-refractivity contribution in [2.24, 2.45) is 10.6 Å². The molecule has 0 aromatic rings. The molecule has 2 aliphatic heterocycles. The summed E-state index contributed by atoms with van der Waals surface area (Å²) in [6.07, 6.45) is 6.52. The molecule has 0 bridgehead atoms. The molecule has 0 aromatic carbocycles. The van der Waals surface area contributed by atoms with Crippen LogP contribution in [0.3, 0.4) is 0 Å². The van der Waals surface area contributed by atoms with Crippen LogP contribution in [0.2, 0.25) is 0 Å². The van der Waals surface area contributed by atoms with Gasteiger partial charge in [-0.15, -0.1) is 0 Å². The highest BCUT2D eigenvalue weighted by Crippen LogP contribution is 2.60. The van der Waals surface area contributed by atoms with Crippen LogP contribution in [-0.2, 0) is 0 Å². The lowest BCUT2D eigenvalue weighted by Gasteiger charge is -2.28. The lowest BCUT2D eigenvalue weighted by Crippen LogP contribution is -2.40. The van der Waals surface area contributed by atoms with Gasteiger partial charge in [-0.3, -0.25) is 4.90 Å². The van der Waals surface area contributed by atoms with Crippen molar-refractivity contribution in [3.8, 4) is 0 Å². The van der Waals surface area contributed by atoms with Crippen molar-refractivity contribution in [2.75, 3.05) is 19.6 Å². The molecule has 1 saturated carbocycles. The van der Waals surface area contributed by atoms with Gasteiger partial charge in [0, 0.05) is 12.1 Å². The lowest BCUT2D eigenvalue weighted by atomic mass is 9.89. The Morgan fingerprint density at radius 3 is 2.85 bits per heavy atom. The molecular formula is C10H16N2O. The standard InChI is InChI=1S/C10H16N2O/c13-11-7-10-2-1-5-12(10)8-9(6-10)3-4-9/h1-8H2. The second-order valence-corrected chi connectivity index (χ2v) is 5.21. The molecule has 1 unspecified atom stereocenters. The molecule has 3 aliphatic rings. The summed E-state index contributed by atoms with van der Waals surface area (Å²) in [5.41, 5.74) is 0.837. The zero-order valence-corrected chi connectivity index (χ0v) is 7.96. The van der Waals surface area contributed by atoms with Crippen molar-refractivity contribution in [1.29, 1.82) is 0 Å². The molecule has 1 atom stereocenters. The van der Waals surface area contributed by atoms with Crippen LogP contribution < -0.4 is 0 Å². The highest BCUT2D eigenvalue weighted by molar-refractivity contribution is 5.14. The van der Waals surface area contributed by atoms with Crippen LogP contribution in [0.25, 0.3) is 0 Å². The predicted octanol–water partition coefficient (Wildman–Crippen LogP) is 1.77. The van der Waals surface area contributed by atoms with Gasteiger partial charge in [-0.25, -0.2) is 0 Å². The van der Waals surface area contributed by atoms with E-state index in [-0.39, 0.29) is 5.54 Å². The number of fused-ring (bicyclic) bond motifs is 1. The van der Waals surface area contributed by atoms with E-state index in [0.717, 1.165) is 0 Å². The molecule has 13 heavy (non-hydrogen) atoms. The Hall–Kier alpha value is -0.440. The summed E-state index contributed by atoms with van der Waals surface area (Å²) >= 11 is 0. The number of nitroso groups, excluding NO2 is 1. The van der Waals surface area contributed by atoms with Gasteiger partial charge in [0.1, 0.15) is 0 Å². The molecule has 0 amide bonds. The van der Waals surface area contributed by atoms with E-state index in [1.165, 1.54) is 45.2 Å². The number of rotatable bonds is 2. The highest BCUT2D eigenvalue weighted by Gasteiger charge is 2.59. The fourth-order valence-electron chi connectivity index (χ4n) is 3.47. The molecule has 2 heterocycles. The third kappa shape index (κ3) is 0.997. The van der Waals surface area contributed by atoms with E-state index in [1.54, 1.807) is 0 Å². The summed E-state index contributed by atoms with van der Waals surface area (Å²) < 4.78 is 0. The van der Waals surface area contributed by atoms with Crippen LogP contribution in [0.1, 0.15) is 32.1 Å². The quantitative estimate of drug-likeness (QED) is 0.607. The minimum Gasteiger partial charge on any atom is -0.295 e. The smallest absolute Gasteiger partial charge is 0.0995 e. The molecule has 72 valence electrons. The second-order valence-electron chi connectivity index (χ2n) is 5.21. The van der Waals surface area contributed by atoms with Crippen LogP contribution in [-0.4, -0.2) is 30.1 Å². The molecule has 3 nitrogen and oxygen atoms in total. The van der Waals surface area contributed by atoms with E-state index in [2.05, 4.69) is 10.1 Å². The molecule has 0 N–H and O–H groups in total. The monoisotopic (exact) mass is 180 g/mol. The Kier molecular flexibility index (Phi) is 1.41. The molecule has 2 saturated heterocycles. The number of nitrogens with zero attached hydrogens (tertiary/aromatic N) is 2. The first-order valence-electron chi connectivity index (χ1n) is 5.33. The van der Waals surface area contributed by atoms with Gasteiger partial charge in [-0.2, -0.15) is 4.91 Å². The Balaban J connectivity index is 1.86. The number of hydrogen-bond acceptors (Lipinski definition) is 3. The molecule has 3 rings (SSSR count). The molecule has 0 aromatic heterocycles. The van der Waals surface area contributed by atoms with Gasteiger partial charge in [0.25, 0.3) is 0 Å². The Morgan fingerprint density at radius 2 is 2.15 bits per heavy atom. The van der Waals surface area contributed by atoms with Crippen LogP contribution in [0.15, 0.2) is 5.18 Å². The highest BCUT2D eigenvalue weighted by atomic mass is 16.3. The van der Waals surface area contributed by atoms with Crippen molar-refractivity contribution >= 4 is 0 Å². The molecule has 1 spiro atoms. The normalized spacial score (nSPS) is 40.9. The predicted molar refractivity (Wildman–Crippen MR) is 50.5 cm³/mol. The van der Waals surface area contributed by atoms with Crippen molar-refractivity contribution in [3.05, 3.63) is 4.91 Å². The van der Waals surface area contributed by atoms with E-state index < -0.39 is 0 Å². The largest absolute Gasteiger partial charge is 0.295 e. The SMILES string of the molecule is O=NCC12CCCN1CC1(CC1)C2. The summed E-state index contributed by atoms with van der Waals surface area (Å²) in [6.45, 7) is 2.99. The molecular weight excluding hydrogens is 164 g/mol. The van der Waals surface area contributed by atoms with Gasteiger partial charge in [0.2, 0.25) is 0 Å². The average molecular weight is 180 g/mol. The first-order valence-corrected chi connectivity index (χ1v) is 5.33. The van der Waals surface area contributed by atoms with Gasteiger partial charge >= 0.3 is 0 Å². The Morgan fingerprint density at radius 1 is 1.31 bits per heavy atom. The van der Waals surface area contributed by atoms with Crippen LogP contribution in [0, 0.1) is 10.3 Å². The van der Waals surface area contributed by atoms with Crippen molar-refractivity contribution in [3.63, 3.8) is 0 Å². The van der Waals surface area contributed by atoms with E-state index in [9.17, 15) is 4.91 Å². The molecule has 1 aliphatic carbocycles. The van der Waals surface area contributed by atoms with E-state index in [0.29, 0.717) is 12.0 Å². The topological polar surface area (TPSA) is 32.7 Å². The number of hydrogen-bond donors (Lipinski definition) is 0. The first-order chi connectivity index (χ1) is 6.29. The third-order valence-electron chi connectivity index (χ3n) is 4.29. The third-order valence-corrected chi connectivity index (χ3v) is 4.29.